The van der Waals surface area contributed by atoms with E-state index in [1.807, 2.05) is 0 Å². The van der Waals surface area contributed by atoms with Crippen molar-refractivity contribution in [3.05, 3.63) is 35.4 Å². The molecule has 1 aromatic rings. The Kier molecular flexibility index (Phi) is 2.58. The molecular weight excluding hydrogens is 172 g/mol. The van der Waals surface area contributed by atoms with Crippen molar-refractivity contribution in [3.8, 4) is 5.75 Å². The van der Waals surface area contributed by atoms with Gasteiger partial charge in [-0.25, -0.2) is 0 Å². The topological polar surface area (TPSA) is 9.23 Å². The molecule has 0 aliphatic heterocycles. The van der Waals surface area contributed by atoms with Gasteiger partial charge in [0.15, 0.2) is 0 Å². The molecule has 0 spiro atoms. The lowest BCUT2D eigenvalue weighted by molar-refractivity contribution is 0.242. The first-order valence-electron chi connectivity index (χ1n) is 5.22. The molecule has 1 aromatic carbocycles. The Hall–Kier alpha value is -1.24. The van der Waals surface area contributed by atoms with Crippen molar-refractivity contribution in [2.45, 2.75) is 32.8 Å². The van der Waals surface area contributed by atoms with Crippen LogP contribution >= 0.6 is 0 Å². The van der Waals surface area contributed by atoms with Crippen LogP contribution in [0.5, 0.6) is 5.75 Å². The molecule has 1 nitrogen and oxygen atoms in total. The SMILES string of the molecule is CC(C)Oc1ccc2c(c1)C=CCC2. The van der Waals surface area contributed by atoms with Crippen LogP contribution in [0.2, 0.25) is 0 Å². The Morgan fingerprint density at radius 2 is 2.14 bits per heavy atom. The summed E-state index contributed by atoms with van der Waals surface area (Å²) in [5.41, 5.74) is 2.75. The zero-order valence-corrected chi connectivity index (χ0v) is 8.79. The van der Waals surface area contributed by atoms with Gasteiger partial charge < -0.3 is 4.74 Å². The van der Waals surface area contributed by atoms with E-state index in [0.29, 0.717) is 0 Å². The smallest absolute Gasteiger partial charge is 0.120 e. The van der Waals surface area contributed by atoms with Crippen molar-refractivity contribution in [1.29, 1.82) is 0 Å². The molecule has 0 aromatic heterocycles. The molecule has 0 saturated carbocycles. The molecule has 0 N–H and O–H groups in total. The third kappa shape index (κ3) is 1.98. The van der Waals surface area contributed by atoms with Crippen LogP contribution in [0.1, 0.15) is 31.4 Å². The minimum atomic E-state index is 0.251. The van der Waals surface area contributed by atoms with Crippen molar-refractivity contribution < 1.29 is 4.74 Å². The molecule has 0 fully saturated rings. The van der Waals surface area contributed by atoms with Gasteiger partial charge in [-0.3, -0.25) is 0 Å². The van der Waals surface area contributed by atoms with Gasteiger partial charge in [0.25, 0.3) is 0 Å². The van der Waals surface area contributed by atoms with Crippen LogP contribution in [0.15, 0.2) is 24.3 Å². The fraction of sp³-hybridized carbons (Fsp3) is 0.385. The van der Waals surface area contributed by atoms with Crippen molar-refractivity contribution in [1.82, 2.24) is 0 Å². The van der Waals surface area contributed by atoms with E-state index in [2.05, 4.69) is 44.2 Å². The summed E-state index contributed by atoms with van der Waals surface area (Å²) in [4.78, 5) is 0. The number of allylic oxidation sites excluding steroid dienone is 1. The van der Waals surface area contributed by atoms with E-state index in [-0.39, 0.29) is 6.10 Å². The highest BCUT2D eigenvalue weighted by Gasteiger charge is 2.06. The molecule has 0 amide bonds. The summed E-state index contributed by atoms with van der Waals surface area (Å²) < 4.78 is 5.65. The van der Waals surface area contributed by atoms with Gasteiger partial charge in [-0.05, 0) is 49.9 Å². The molecule has 0 saturated heterocycles. The maximum absolute atomic E-state index is 5.65. The zero-order chi connectivity index (χ0) is 9.97. The van der Waals surface area contributed by atoms with Crippen molar-refractivity contribution in [3.63, 3.8) is 0 Å². The Balaban J connectivity index is 2.26. The molecule has 0 unspecified atom stereocenters. The zero-order valence-electron chi connectivity index (χ0n) is 8.79. The third-order valence-corrected chi connectivity index (χ3v) is 2.37. The molecule has 0 heterocycles. The average molecular weight is 188 g/mol. The number of benzene rings is 1. The van der Waals surface area contributed by atoms with Crippen LogP contribution in [0.4, 0.5) is 0 Å². The standard InChI is InChI=1S/C13H16O/c1-10(2)14-13-8-7-11-5-3-4-6-12(11)9-13/h4,6-10H,3,5H2,1-2H3. The molecule has 14 heavy (non-hydrogen) atoms. The number of aryl methyl sites for hydroxylation is 1. The predicted molar refractivity (Wildman–Crippen MR) is 59.6 cm³/mol. The average Bonchev–Trinajstić information content (AvgIpc) is 2.17. The van der Waals surface area contributed by atoms with Gasteiger partial charge in [0, 0.05) is 0 Å². The summed E-state index contributed by atoms with van der Waals surface area (Å²) in [5, 5.41) is 0. The van der Waals surface area contributed by atoms with E-state index in [0.717, 1.165) is 18.6 Å². The van der Waals surface area contributed by atoms with Crippen LogP contribution in [0.3, 0.4) is 0 Å². The largest absolute Gasteiger partial charge is 0.491 e. The second-order valence-corrected chi connectivity index (χ2v) is 3.97. The summed E-state index contributed by atoms with van der Waals surface area (Å²) in [6.45, 7) is 4.10. The van der Waals surface area contributed by atoms with Crippen LogP contribution in [-0.4, -0.2) is 6.10 Å². The third-order valence-electron chi connectivity index (χ3n) is 2.37. The summed E-state index contributed by atoms with van der Waals surface area (Å²) >= 11 is 0. The van der Waals surface area contributed by atoms with E-state index in [4.69, 9.17) is 4.74 Å². The van der Waals surface area contributed by atoms with E-state index in [1.54, 1.807) is 0 Å². The van der Waals surface area contributed by atoms with Gasteiger partial charge in [0.05, 0.1) is 6.10 Å². The van der Waals surface area contributed by atoms with E-state index in [1.165, 1.54) is 11.1 Å². The van der Waals surface area contributed by atoms with Gasteiger partial charge in [-0.1, -0.05) is 18.2 Å². The summed E-state index contributed by atoms with van der Waals surface area (Å²) in [6.07, 6.45) is 6.99. The summed E-state index contributed by atoms with van der Waals surface area (Å²) in [7, 11) is 0. The number of ether oxygens (including phenoxy) is 1. The highest BCUT2D eigenvalue weighted by Crippen LogP contribution is 2.24. The van der Waals surface area contributed by atoms with E-state index < -0.39 is 0 Å². The number of fused-ring (bicyclic) bond motifs is 1. The number of rotatable bonds is 2. The molecule has 0 atom stereocenters. The molecular formula is C13H16O. The highest BCUT2D eigenvalue weighted by atomic mass is 16.5. The fourth-order valence-electron chi connectivity index (χ4n) is 1.75. The quantitative estimate of drug-likeness (QED) is 0.691. The maximum atomic E-state index is 5.65. The number of hydrogen-bond donors (Lipinski definition) is 0. The van der Waals surface area contributed by atoms with Gasteiger partial charge in [0.2, 0.25) is 0 Å². The van der Waals surface area contributed by atoms with Crippen LogP contribution in [0, 0.1) is 0 Å². The minimum Gasteiger partial charge on any atom is -0.491 e. The normalized spacial score (nSPS) is 14.2. The van der Waals surface area contributed by atoms with Gasteiger partial charge >= 0.3 is 0 Å². The second-order valence-electron chi connectivity index (χ2n) is 3.97. The van der Waals surface area contributed by atoms with E-state index >= 15 is 0 Å². The fourth-order valence-corrected chi connectivity index (χ4v) is 1.75. The Morgan fingerprint density at radius 3 is 2.93 bits per heavy atom. The lowest BCUT2D eigenvalue weighted by Gasteiger charge is -2.14. The maximum Gasteiger partial charge on any atom is 0.120 e. The second kappa shape index (κ2) is 3.87. The molecule has 0 bridgehead atoms. The molecule has 0 radical (unpaired) electrons. The van der Waals surface area contributed by atoms with Crippen molar-refractivity contribution in [2.75, 3.05) is 0 Å². The first-order valence-corrected chi connectivity index (χ1v) is 5.22. The van der Waals surface area contributed by atoms with Crippen LogP contribution in [-0.2, 0) is 6.42 Å². The van der Waals surface area contributed by atoms with Gasteiger partial charge in [-0.2, -0.15) is 0 Å². The van der Waals surface area contributed by atoms with Crippen molar-refractivity contribution >= 4 is 6.08 Å². The monoisotopic (exact) mass is 188 g/mol. The van der Waals surface area contributed by atoms with Crippen LogP contribution < -0.4 is 4.74 Å². The first-order chi connectivity index (χ1) is 6.75. The Bertz CT molecular complexity index is 350. The molecule has 74 valence electrons. The molecule has 1 aliphatic rings. The Morgan fingerprint density at radius 1 is 1.29 bits per heavy atom. The lowest BCUT2D eigenvalue weighted by atomic mass is 9.97. The van der Waals surface area contributed by atoms with Gasteiger partial charge in [-0.15, -0.1) is 0 Å². The minimum absolute atomic E-state index is 0.251. The molecule has 1 heteroatoms. The van der Waals surface area contributed by atoms with E-state index in [9.17, 15) is 0 Å². The Labute approximate surface area is 85.4 Å². The number of hydrogen-bond acceptors (Lipinski definition) is 1. The predicted octanol–water partition coefficient (Wildman–Crippen LogP) is 3.43. The summed E-state index contributed by atoms with van der Waals surface area (Å²) in [6, 6.07) is 6.37. The first kappa shape index (κ1) is 9.32. The summed E-state index contributed by atoms with van der Waals surface area (Å²) in [5.74, 6) is 0.977. The van der Waals surface area contributed by atoms with Gasteiger partial charge in [0.1, 0.15) is 5.75 Å². The van der Waals surface area contributed by atoms with Crippen molar-refractivity contribution in [2.24, 2.45) is 0 Å². The molecule has 2 rings (SSSR count). The highest BCUT2D eigenvalue weighted by molar-refractivity contribution is 5.58. The molecule has 1 aliphatic carbocycles. The lowest BCUT2D eigenvalue weighted by Crippen LogP contribution is -2.06. The van der Waals surface area contributed by atoms with Crippen LogP contribution in [0.25, 0.3) is 6.08 Å².